The van der Waals surface area contributed by atoms with Crippen LogP contribution in [0.4, 0.5) is 0 Å². The molecule has 0 amide bonds. The van der Waals surface area contributed by atoms with Crippen LogP contribution in [0.15, 0.2) is 36.7 Å². The molecule has 1 heterocycles. The van der Waals surface area contributed by atoms with E-state index in [0.29, 0.717) is 6.04 Å². The summed E-state index contributed by atoms with van der Waals surface area (Å²) in [6, 6.07) is 9.20. The molecule has 18 heavy (non-hydrogen) atoms. The monoisotopic (exact) mass is 243 g/mol. The first-order chi connectivity index (χ1) is 8.72. The van der Waals surface area contributed by atoms with Crippen LogP contribution in [0.5, 0.6) is 0 Å². The van der Waals surface area contributed by atoms with E-state index in [9.17, 15) is 0 Å². The number of likely N-dealkylation sites (N-methyl/N-ethyl adjacent to an activating group) is 1. The number of nitrogens with zero attached hydrogens (tertiary/aromatic N) is 2. The van der Waals surface area contributed by atoms with E-state index in [-0.39, 0.29) is 0 Å². The largest absolute Gasteiger partial charge is 0.313 e. The third-order valence-corrected chi connectivity index (χ3v) is 3.35. The van der Waals surface area contributed by atoms with Gasteiger partial charge in [-0.2, -0.15) is 5.10 Å². The Labute approximate surface area is 109 Å². The van der Waals surface area contributed by atoms with Crippen LogP contribution in [0.2, 0.25) is 0 Å². The van der Waals surface area contributed by atoms with E-state index >= 15 is 0 Å². The third kappa shape index (κ3) is 2.99. The molecule has 0 spiro atoms. The zero-order chi connectivity index (χ0) is 13.0. The number of aryl methyl sites for hydroxylation is 2. The van der Waals surface area contributed by atoms with Gasteiger partial charge in [-0.15, -0.1) is 0 Å². The maximum atomic E-state index is 4.23. The number of nitrogens with one attached hydrogen (secondary N) is 1. The Morgan fingerprint density at radius 1 is 1.22 bits per heavy atom. The zero-order valence-electron chi connectivity index (χ0n) is 11.4. The molecule has 0 radical (unpaired) electrons. The molecule has 2 rings (SSSR count). The summed E-state index contributed by atoms with van der Waals surface area (Å²) in [7, 11) is 3.95. The molecule has 1 aromatic heterocycles. The van der Waals surface area contributed by atoms with E-state index in [0.717, 1.165) is 12.8 Å². The SMILES string of the molecule is CCc1ccc(CC(NC)c2cnn(C)c2)cc1. The van der Waals surface area contributed by atoms with E-state index in [1.165, 1.54) is 16.7 Å². The van der Waals surface area contributed by atoms with Gasteiger partial charge < -0.3 is 5.32 Å². The van der Waals surface area contributed by atoms with Crippen molar-refractivity contribution < 1.29 is 0 Å². The first-order valence-electron chi connectivity index (χ1n) is 6.46. The van der Waals surface area contributed by atoms with Gasteiger partial charge in [-0.1, -0.05) is 31.2 Å². The smallest absolute Gasteiger partial charge is 0.0537 e. The van der Waals surface area contributed by atoms with Gasteiger partial charge in [0, 0.05) is 24.8 Å². The molecule has 0 fully saturated rings. The van der Waals surface area contributed by atoms with E-state index in [2.05, 4.69) is 47.8 Å². The lowest BCUT2D eigenvalue weighted by Crippen LogP contribution is -2.18. The first kappa shape index (κ1) is 12.8. The van der Waals surface area contributed by atoms with Gasteiger partial charge in [-0.3, -0.25) is 4.68 Å². The third-order valence-electron chi connectivity index (χ3n) is 3.35. The molecule has 3 nitrogen and oxygen atoms in total. The van der Waals surface area contributed by atoms with E-state index < -0.39 is 0 Å². The molecule has 0 saturated carbocycles. The molecule has 0 bridgehead atoms. The van der Waals surface area contributed by atoms with Crippen molar-refractivity contribution >= 4 is 0 Å². The Hall–Kier alpha value is -1.61. The van der Waals surface area contributed by atoms with Crippen molar-refractivity contribution in [1.82, 2.24) is 15.1 Å². The van der Waals surface area contributed by atoms with Gasteiger partial charge in [0.25, 0.3) is 0 Å². The van der Waals surface area contributed by atoms with Gasteiger partial charge in [0.1, 0.15) is 0 Å². The second-order valence-corrected chi connectivity index (χ2v) is 4.66. The summed E-state index contributed by atoms with van der Waals surface area (Å²) < 4.78 is 1.85. The van der Waals surface area contributed by atoms with Crippen LogP contribution in [0, 0.1) is 0 Å². The van der Waals surface area contributed by atoms with Crippen LogP contribution >= 0.6 is 0 Å². The molecule has 0 aliphatic heterocycles. The van der Waals surface area contributed by atoms with Gasteiger partial charge in [0.05, 0.1) is 6.20 Å². The number of hydrogen-bond acceptors (Lipinski definition) is 2. The van der Waals surface area contributed by atoms with Crippen molar-refractivity contribution in [3.63, 3.8) is 0 Å². The maximum absolute atomic E-state index is 4.23. The molecule has 0 saturated heterocycles. The standard InChI is InChI=1S/C15H21N3/c1-4-12-5-7-13(8-6-12)9-15(16-2)14-10-17-18(3)11-14/h5-8,10-11,15-16H,4,9H2,1-3H3. The molecule has 1 N–H and O–H groups in total. The van der Waals surface area contributed by atoms with Gasteiger partial charge in [0.15, 0.2) is 0 Å². The Balaban J connectivity index is 2.10. The highest BCUT2D eigenvalue weighted by Gasteiger charge is 2.11. The second kappa shape index (κ2) is 5.83. The Kier molecular flexibility index (Phi) is 4.15. The summed E-state index contributed by atoms with van der Waals surface area (Å²) in [5.74, 6) is 0. The predicted octanol–water partition coefficient (Wildman–Crippen LogP) is 2.49. The van der Waals surface area contributed by atoms with Crippen LogP contribution in [0.25, 0.3) is 0 Å². The zero-order valence-corrected chi connectivity index (χ0v) is 11.4. The molecule has 2 aromatic rings. The summed E-state index contributed by atoms with van der Waals surface area (Å²) in [5, 5.41) is 7.59. The molecule has 96 valence electrons. The average molecular weight is 243 g/mol. The van der Waals surface area contributed by atoms with Crippen LogP contribution in [0.1, 0.15) is 29.7 Å². The van der Waals surface area contributed by atoms with Gasteiger partial charge in [0.2, 0.25) is 0 Å². The van der Waals surface area contributed by atoms with Crippen molar-refractivity contribution in [2.24, 2.45) is 7.05 Å². The summed E-state index contributed by atoms with van der Waals surface area (Å²) in [5.41, 5.74) is 3.98. The minimum atomic E-state index is 0.325. The molecule has 1 atom stereocenters. The van der Waals surface area contributed by atoms with Crippen molar-refractivity contribution in [2.75, 3.05) is 7.05 Å². The minimum absolute atomic E-state index is 0.325. The topological polar surface area (TPSA) is 29.9 Å². The van der Waals surface area contributed by atoms with Crippen LogP contribution in [-0.4, -0.2) is 16.8 Å². The van der Waals surface area contributed by atoms with Crippen molar-refractivity contribution in [3.8, 4) is 0 Å². The fourth-order valence-electron chi connectivity index (χ4n) is 2.15. The molecule has 0 aliphatic carbocycles. The molecule has 0 aliphatic rings. The van der Waals surface area contributed by atoms with Gasteiger partial charge >= 0.3 is 0 Å². The normalized spacial score (nSPS) is 12.6. The summed E-state index contributed by atoms with van der Waals surface area (Å²) in [6.45, 7) is 2.18. The molecular weight excluding hydrogens is 222 g/mol. The second-order valence-electron chi connectivity index (χ2n) is 4.66. The quantitative estimate of drug-likeness (QED) is 0.874. The minimum Gasteiger partial charge on any atom is -0.313 e. The number of aromatic nitrogens is 2. The van der Waals surface area contributed by atoms with Crippen LogP contribution in [0.3, 0.4) is 0 Å². The lowest BCUT2D eigenvalue weighted by Gasteiger charge is -2.14. The first-order valence-corrected chi connectivity index (χ1v) is 6.46. The number of rotatable bonds is 5. The lowest BCUT2D eigenvalue weighted by molar-refractivity contribution is 0.591. The average Bonchev–Trinajstić information content (AvgIpc) is 2.83. The molecule has 1 unspecified atom stereocenters. The molecule has 3 heteroatoms. The number of hydrogen-bond donors (Lipinski definition) is 1. The van der Waals surface area contributed by atoms with Crippen molar-refractivity contribution in [2.45, 2.75) is 25.8 Å². The molecular formula is C15H21N3. The fraction of sp³-hybridized carbons (Fsp3) is 0.400. The highest BCUT2D eigenvalue weighted by atomic mass is 15.2. The Morgan fingerprint density at radius 2 is 1.89 bits per heavy atom. The Bertz CT molecular complexity index is 485. The summed E-state index contributed by atoms with van der Waals surface area (Å²) >= 11 is 0. The van der Waals surface area contributed by atoms with Crippen molar-refractivity contribution in [1.29, 1.82) is 0 Å². The van der Waals surface area contributed by atoms with Crippen LogP contribution in [-0.2, 0) is 19.9 Å². The van der Waals surface area contributed by atoms with E-state index in [1.807, 2.05) is 25.0 Å². The van der Waals surface area contributed by atoms with Gasteiger partial charge in [-0.05, 0) is 31.0 Å². The van der Waals surface area contributed by atoms with E-state index in [1.54, 1.807) is 0 Å². The summed E-state index contributed by atoms with van der Waals surface area (Å²) in [6.07, 6.45) is 6.09. The maximum Gasteiger partial charge on any atom is 0.0537 e. The number of benzene rings is 1. The summed E-state index contributed by atoms with van der Waals surface area (Å²) in [4.78, 5) is 0. The van der Waals surface area contributed by atoms with Crippen molar-refractivity contribution in [3.05, 3.63) is 53.3 Å². The Morgan fingerprint density at radius 3 is 2.39 bits per heavy atom. The lowest BCUT2D eigenvalue weighted by atomic mass is 10.00. The predicted molar refractivity (Wildman–Crippen MR) is 74.5 cm³/mol. The fourth-order valence-corrected chi connectivity index (χ4v) is 2.15. The van der Waals surface area contributed by atoms with E-state index in [4.69, 9.17) is 0 Å². The van der Waals surface area contributed by atoms with Crippen LogP contribution < -0.4 is 5.32 Å². The molecule has 1 aromatic carbocycles. The highest BCUT2D eigenvalue weighted by molar-refractivity contribution is 5.25. The van der Waals surface area contributed by atoms with Gasteiger partial charge in [-0.25, -0.2) is 0 Å². The highest BCUT2D eigenvalue weighted by Crippen LogP contribution is 2.18.